The standard InChI is InChI=1S/C26H31N3O2S/c1-16(2)22-27-23-21(17(3)18(4)32-23)24(30)29(22)20-11-8-14-28(15-20)25(31)26(12-13-26)19-9-6-5-7-10-19/h5-7,9-10,16,20H,8,11-15H2,1-4H3/t20-/m0/s1. The average Bonchev–Trinajstić information content (AvgIpc) is 3.55. The van der Waals surface area contributed by atoms with Crippen LogP contribution >= 0.6 is 11.3 Å². The number of carbonyl (C=O) groups excluding carboxylic acids is 1. The number of aromatic nitrogens is 2. The molecule has 0 bridgehead atoms. The van der Waals surface area contributed by atoms with Crippen molar-refractivity contribution in [1.29, 1.82) is 0 Å². The van der Waals surface area contributed by atoms with Gasteiger partial charge in [0.25, 0.3) is 5.56 Å². The molecule has 1 saturated carbocycles. The summed E-state index contributed by atoms with van der Waals surface area (Å²) in [5.74, 6) is 1.20. The van der Waals surface area contributed by atoms with Crippen LogP contribution in [-0.2, 0) is 10.2 Å². The minimum absolute atomic E-state index is 0.0271. The van der Waals surface area contributed by atoms with Gasteiger partial charge in [-0.15, -0.1) is 11.3 Å². The number of rotatable bonds is 4. The molecule has 1 atom stereocenters. The van der Waals surface area contributed by atoms with Gasteiger partial charge in [-0.05, 0) is 50.7 Å². The highest BCUT2D eigenvalue weighted by Crippen LogP contribution is 2.50. The molecule has 1 amide bonds. The van der Waals surface area contributed by atoms with Gasteiger partial charge in [-0.25, -0.2) is 4.98 Å². The Morgan fingerprint density at radius 2 is 1.91 bits per heavy atom. The molecular weight excluding hydrogens is 418 g/mol. The van der Waals surface area contributed by atoms with Gasteiger partial charge in [-0.3, -0.25) is 14.2 Å². The van der Waals surface area contributed by atoms with Crippen LogP contribution in [0, 0.1) is 13.8 Å². The molecule has 6 heteroatoms. The van der Waals surface area contributed by atoms with E-state index in [2.05, 4.69) is 32.9 Å². The summed E-state index contributed by atoms with van der Waals surface area (Å²) in [4.78, 5) is 36.3. The fourth-order valence-corrected chi connectivity index (χ4v) is 6.27. The zero-order valence-corrected chi connectivity index (χ0v) is 20.2. The van der Waals surface area contributed by atoms with Gasteiger partial charge >= 0.3 is 0 Å². The molecule has 2 fully saturated rings. The number of hydrogen-bond acceptors (Lipinski definition) is 4. The summed E-state index contributed by atoms with van der Waals surface area (Å²) >= 11 is 1.61. The first-order valence-corrected chi connectivity index (χ1v) is 12.5. The largest absolute Gasteiger partial charge is 0.340 e. The maximum Gasteiger partial charge on any atom is 0.262 e. The van der Waals surface area contributed by atoms with Crippen LogP contribution in [0.3, 0.4) is 0 Å². The Labute approximate surface area is 193 Å². The van der Waals surface area contributed by atoms with Crippen molar-refractivity contribution < 1.29 is 4.79 Å². The first kappa shape index (κ1) is 21.4. The highest BCUT2D eigenvalue weighted by Gasteiger charge is 2.53. The number of hydrogen-bond donors (Lipinski definition) is 0. The molecule has 32 heavy (non-hydrogen) atoms. The third-order valence-electron chi connectivity index (χ3n) is 7.31. The van der Waals surface area contributed by atoms with Crippen molar-refractivity contribution in [3.63, 3.8) is 0 Å². The van der Waals surface area contributed by atoms with Gasteiger partial charge in [0, 0.05) is 23.9 Å². The number of piperidine rings is 1. The SMILES string of the molecule is Cc1sc2nc(C(C)C)n([C@H]3CCCN(C(=O)C4(c5ccccc5)CC4)C3)c(=O)c2c1C. The summed E-state index contributed by atoms with van der Waals surface area (Å²) < 4.78 is 1.92. The fraction of sp³-hybridized carbons (Fsp3) is 0.500. The number of aryl methyl sites for hydroxylation is 2. The van der Waals surface area contributed by atoms with Crippen molar-refractivity contribution in [3.05, 3.63) is 62.5 Å². The Morgan fingerprint density at radius 3 is 2.56 bits per heavy atom. The summed E-state index contributed by atoms with van der Waals surface area (Å²) in [6.45, 7) is 9.62. The number of carbonyl (C=O) groups is 1. The van der Waals surface area contributed by atoms with E-state index in [1.807, 2.05) is 34.6 Å². The molecule has 0 radical (unpaired) electrons. The predicted molar refractivity (Wildman–Crippen MR) is 130 cm³/mol. The van der Waals surface area contributed by atoms with E-state index in [9.17, 15) is 9.59 Å². The van der Waals surface area contributed by atoms with Crippen LogP contribution in [0.1, 0.15) is 73.3 Å². The van der Waals surface area contributed by atoms with Crippen LogP contribution in [0.2, 0.25) is 0 Å². The van der Waals surface area contributed by atoms with Gasteiger partial charge < -0.3 is 4.90 Å². The molecule has 2 aromatic heterocycles. The quantitative estimate of drug-likeness (QED) is 0.557. The van der Waals surface area contributed by atoms with E-state index in [1.54, 1.807) is 11.3 Å². The van der Waals surface area contributed by atoms with Gasteiger partial charge in [0.05, 0.1) is 16.8 Å². The number of amides is 1. The molecule has 5 rings (SSSR count). The zero-order chi connectivity index (χ0) is 22.6. The first-order valence-electron chi connectivity index (χ1n) is 11.7. The molecular formula is C26H31N3O2S. The zero-order valence-electron chi connectivity index (χ0n) is 19.4. The Hall–Kier alpha value is -2.47. The van der Waals surface area contributed by atoms with Crippen LogP contribution in [0.15, 0.2) is 35.1 Å². The second kappa shape index (κ2) is 7.84. The minimum atomic E-state index is -0.363. The molecule has 0 spiro atoms. The van der Waals surface area contributed by atoms with Crippen molar-refractivity contribution in [2.45, 2.75) is 70.8 Å². The van der Waals surface area contributed by atoms with E-state index in [4.69, 9.17) is 4.98 Å². The second-order valence-corrected chi connectivity index (χ2v) is 11.0. The monoisotopic (exact) mass is 449 g/mol. The molecule has 1 saturated heterocycles. The van der Waals surface area contributed by atoms with Gasteiger partial charge in [0.15, 0.2) is 0 Å². The number of nitrogens with zero attached hydrogens (tertiary/aromatic N) is 3. The number of thiophene rings is 1. The molecule has 2 aliphatic rings. The Balaban J connectivity index is 1.52. The van der Waals surface area contributed by atoms with Gasteiger partial charge in [0.1, 0.15) is 10.7 Å². The molecule has 3 heterocycles. The smallest absolute Gasteiger partial charge is 0.262 e. The van der Waals surface area contributed by atoms with Crippen LogP contribution in [0.4, 0.5) is 0 Å². The van der Waals surface area contributed by atoms with E-state index in [0.717, 1.165) is 64.3 Å². The molecule has 1 aliphatic carbocycles. The number of benzene rings is 1. The van der Waals surface area contributed by atoms with E-state index in [-0.39, 0.29) is 28.8 Å². The lowest BCUT2D eigenvalue weighted by atomic mass is 9.92. The van der Waals surface area contributed by atoms with E-state index in [1.165, 1.54) is 0 Å². The highest BCUT2D eigenvalue weighted by atomic mass is 32.1. The van der Waals surface area contributed by atoms with Crippen LogP contribution in [0.5, 0.6) is 0 Å². The third-order valence-corrected chi connectivity index (χ3v) is 8.41. The van der Waals surface area contributed by atoms with Crippen molar-refractivity contribution in [2.24, 2.45) is 0 Å². The van der Waals surface area contributed by atoms with E-state index >= 15 is 0 Å². The summed E-state index contributed by atoms with van der Waals surface area (Å²) in [5.41, 5.74) is 1.86. The minimum Gasteiger partial charge on any atom is -0.340 e. The van der Waals surface area contributed by atoms with Gasteiger partial charge in [0.2, 0.25) is 5.91 Å². The highest BCUT2D eigenvalue weighted by molar-refractivity contribution is 7.18. The van der Waals surface area contributed by atoms with Crippen LogP contribution in [-0.4, -0.2) is 33.4 Å². The normalized spacial score (nSPS) is 20.2. The lowest BCUT2D eigenvalue weighted by molar-refractivity contribution is -0.135. The third kappa shape index (κ3) is 3.31. The van der Waals surface area contributed by atoms with Crippen molar-refractivity contribution in [1.82, 2.24) is 14.5 Å². The van der Waals surface area contributed by atoms with Gasteiger partial charge in [-0.1, -0.05) is 44.2 Å². The lowest BCUT2D eigenvalue weighted by Gasteiger charge is -2.37. The summed E-state index contributed by atoms with van der Waals surface area (Å²) in [6, 6.07) is 10.2. The Kier molecular flexibility index (Phi) is 5.24. The summed E-state index contributed by atoms with van der Waals surface area (Å²) in [6.07, 6.45) is 3.63. The number of likely N-dealkylation sites (tertiary alicyclic amines) is 1. The maximum atomic E-state index is 13.7. The summed E-state index contributed by atoms with van der Waals surface area (Å²) in [7, 11) is 0. The molecule has 0 unspecified atom stereocenters. The Morgan fingerprint density at radius 1 is 1.19 bits per heavy atom. The lowest BCUT2D eigenvalue weighted by Crippen LogP contribution is -2.47. The molecule has 3 aromatic rings. The fourth-order valence-electron chi connectivity index (χ4n) is 5.24. The number of fused-ring (bicyclic) bond motifs is 1. The topological polar surface area (TPSA) is 55.2 Å². The molecule has 1 aliphatic heterocycles. The van der Waals surface area contributed by atoms with Crippen LogP contribution < -0.4 is 5.56 Å². The molecule has 5 nitrogen and oxygen atoms in total. The summed E-state index contributed by atoms with van der Waals surface area (Å²) in [5, 5.41) is 0.753. The van der Waals surface area contributed by atoms with Crippen molar-refractivity contribution >= 4 is 27.5 Å². The second-order valence-electron chi connectivity index (χ2n) is 9.76. The molecule has 1 aromatic carbocycles. The first-order chi connectivity index (χ1) is 15.3. The van der Waals surface area contributed by atoms with E-state index < -0.39 is 0 Å². The van der Waals surface area contributed by atoms with Crippen molar-refractivity contribution in [3.8, 4) is 0 Å². The Bertz CT molecular complexity index is 1240. The predicted octanol–water partition coefficient (Wildman–Crippen LogP) is 5.09. The van der Waals surface area contributed by atoms with Crippen molar-refractivity contribution in [2.75, 3.05) is 13.1 Å². The molecule has 168 valence electrons. The van der Waals surface area contributed by atoms with E-state index in [0.29, 0.717) is 6.54 Å². The maximum absolute atomic E-state index is 13.7. The average molecular weight is 450 g/mol. The van der Waals surface area contributed by atoms with Crippen LogP contribution in [0.25, 0.3) is 10.2 Å². The van der Waals surface area contributed by atoms with Gasteiger partial charge in [-0.2, -0.15) is 0 Å². The molecule has 0 N–H and O–H groups in total.